The summed E-state index contributed by atoms with van der Waals surface area (Å²) in [5, 5.41) is 38.6. The lowest BCUT2D eigenvalue weighted by molar-refractivity contribution is -0.144. The van der Waals surface area contributed by atoms with Crippen molar-refractivity contribution in [2.75, 3.05) is 0 Å². The van der Waals surface area contributed by atoms with Gasteiger partial charge in [0.1, 0.15) is 18.5 Å². The molecule has 0 aromatic heterocycles. The Morgan fingerprint density at radius 2 is 0.960 bits per heavy atom. The van der Waals surface area contributed by atoms with Crippen LogP contribution in [0.4, 0.5) is 0 Å². The molecule has 140 valence electrons. The van der Waals surface area contributed by atoms with Crippen molar-refractivity contribution in [3.63, 3.8) is 0 Å². The van der Waals surface area contributed by atoms with E-state index in [1.807, 2.05) is 10.6 Å². The lowest BCUT2D eigenvalue weighted by Crippen LogP contribution is -2.45. The van der Waals surface area contributed by atoms with Crippen molar-refractivity contribution >= 4 is 35.7 Å². The average Bonchev–Trinajstić information content (AvgIpc) is 2.46. The Morgan fingerprint density at radius 1 is 0.640 bits per heavy atom. The minimum absolute atomic E-state index is 0.394. The van der Waals surface area contributed by atoms with Crippen LogP contribution in [0.3, 0.4) is 0 Å². The second-order valence-electron chi connectivity index (χ2n) is 4.96. The normalized spacial score (nSPS) is 12.5. The largest absolute Gasteiger partial charge is 0.481 e. The van der Waals surface area contributed by atoms with Gasteiger partial charge in [0.05, 0.1) is 0 Å². The van der Waals surface area contributed by atoms with Gasteiger partial charge in [-0.3, -0.25) is 19.2 Å². The second kappa shape index (κ2) is 10.6. The molecular formula is C13H18N2O10. The van der Waals surface area contributed by atoms with E-state index in [1.54, 1.807) is 0 Å². The van der Waals surface area contributed by atoms with Crippen molar-refractivity contribution in [1.82, 2.24) is 10.6 Å². The summed E-state index contributed by atoms with van der Waals surface area (Å²) >= 11 is 0. The van der Waals surface area contributed by atoms with Crippen molar-refractivity contribution in [3.8, 4) is 0 Å². The molecule has 0 rings (SSSR count). The van der Waals surface area contributed by atoms with Crippen LogP contribution in [0.15, 0.2) is 0 Å². The molecule has 0 aromatic carbocycles. The molecule has 2 amide bonds. The molecule has 0 aliphatic carbocycles. The lowest BCUT2D eigenvalue weighted by atomic mass is 10.1. The molecule has 2 atom stereocenters. The van der Waals surface area contributed by atoms with Crippen LogP contribution in [-0.2, 0) is 28.8 Å². The van der Waals surface area contributed by atoms with E-state index < -0.39 is 79.9 Å². The molecule has 0 aliphatic heterocycles. The molecule has 0 spiro atoms. The fourth-order valence-corrected chi connectivity index (χ4v) is 1.69. The van der Waals surface area contributed by atoms with Gasteiger partial charge in [-0.25, -0.2) is 9.59 Å². The van der Waals surface area contributed by atoms with Gasteiger partial charge < -0.3 is 31.1 Å². The summed E-state index contributed by atoms with van der Waals surface area (Å²) in [6, 6.07) is -3.03. The Kier molecular flexibility index (Phi) is 9.22. The number of hydrogen-bond donors (Lipinski definition) is 6. The van der Waals surface area contributed by atoms with Crippen LogP contribution in [0.2, 0.25) is 0 Å². The second-order valence-corrected chi connectivity index (χ2v) is 4.96. The number of rotatable bonds is 12. The maximum absolute atomic E-state index is 11.6. The fourth-order valence-electron chi connectivity index (χ4n) is 1.69. The van der Waals surface area contributed by atoms with Crippen LogP contribution in [0.5, 0.6) is 0 Å². The molecule has 6 N–H and O–H groups in total. The molecule has 0 heterocycles. The number of amides is 2. The third-order valence-corrected chi connectivity index (χ3v) is 2.88. The summed E-state index contributed by atoms with van der Waals surface area (Å²) in [6.07, 6.45) is -2.71. The van der Waals surface area contributed by atoms with Crippen LogP contribution in [0.1, 0.15) is 32.1 Å². The molecule has 0 unspecified atom stereocenters. The first-order chi connectivity index (χ1) is 11.5. The van der Waals surface area contributed by atoms with Crippen molar-refractivity contribution in [3.05, 3.63) is 0 Å². The van der Waals surface area contributed by atoms with E-state index in [0.29, 0.717) is 0 Å². The zero-order chi connectivity index (χ0) is 19.6. The molecule has 0 aliphatic rings. The van der Waals surface area contributed by atoms with Gasteiger partial charge in [-0.05, 0) is 12.8 Å². The van der Waals surface area contributed by atoms with Crippen LogP contribution >= 0.6 is 0 Å². The standard InChI is InChI=1S/C13H18N2O10/c16-8(14-6(12(22)23)1-3-10(18)19)5-9(17)15-7(13(24)25)2-4-11(20)21/h6-7H,1-5H2,(H,14,16)(H,15,17)(H,18,19)(H,20,21)(H,22,23)(H,24,25)/t6-,7-/m0/s1. The number of aliphatic carboxylic acids is 4. The molecular weight excluding hydrogens is 344 g/mol. The first-order valence-electron chi connectivity index (χ1n) is 7.00. The minimum Gasteiger partial charge on any atom is -0.481 e. The number of nitrogens with one attached hydrogen (secondary N) is 2. The molecule has 0 saturated carbocycles. The Morgan fingerprint density at radius 3 is 1.20 bits per heavy atom. The summed E-state index contributed by atoms with van der Waals surface area (Å²) in [5.41, 5.74) is 0. The lowest BCUT2D eigenvalue weighted by Gasteiger charge is -2.15. The van der Waals surface area contributed by atoms with Gasteiger partial charge >= 0.3 is 23.9 Å². The summed E-state index contributed by atoms with van der Waals surface area (Å²) in [5.74, 6) is -7.59. The molecule has 0 radical (unpaired) electrons. The van der Waals surface area contributed by atoms with Gasteiger partial charge in [-0.1, -0.05) is 0 Å². The van der Waals surface area contributed by atoms with E-state index in [1.165, 1.54) is 0 Å². The average molecular weight is 362 g/mol. The zero-order valence-corrected chi connectivity index (χ0v) is 12.9. The molecule has 0 fully saturated rings. The third-order valence-electron chi connectivity index (χ3n) is 2.88. The Balaban J connectivity index is 4.56. The van der Waals surface area contributed by atoms with Crippen molar-refractivity contribution in [2.24, 2.45) is 0 Å². The number of carboxylic acid groups (broad SMARTS) is 4. The van der Waals surface area contributed by atoms with Crippen LogP contribution in [0.25, 0.3) is 0 Å². The van der Waals surface area contributed by atoms with E-state index in [2.05, 4.69) is 0 Å². The monoisotopic (exact) mass is 362 g/mol. The number of carbonyl (C=O) groups excluding carboxylic acids is 2. The quantitative estimate of drug-likeness (QED) is 0.216. The Labute approximate surface area is 140 Å². The predicted molar refractivity (Wildman–Crippen MR) is 77.5 cm³/mol. The zero-order valence-electron chi connectivity index (χ0n) is 12.9. The molecule has 0 saturated heterocycles. The maximum Gasteiger partial charge on any atom is 0.326 e. The van der Waals surface area contributed by atoms with Gasteiger partial charge in [-0.15, -0.1) is 0 Å². The highest BCUT2D eigenvalue weighted by molar-refractivity contribution is 5.99. The first-order valence-corrected chi connectivity index (χ1v) is 7.00. The van der Waals surface area contributed by atoms with E-state index in [4.69, 9.17) is 20.4 Å². The van der Waals surface area contributed by atoms with E-state index >= 15 is 0 Å². The van der Waals surface area contributed by atoms with Gasteiger partial charge in [0.25, 0.3) is 0 Å². The van der Waals surface area contributed by atoms with Gasteiger partial charge in [0, 0.05) is 12.8 Å². The van der Waals surface area contributed by atoms with Gasteiger partial charge in [0.2, 0.25) is 11.8 Å². The van der Waals surface area contributed by atoms with E-state index in [9.17, 15) is 28.8 Å². The summed E-state index contributed by atoms with van der Waals surface area (Å²) in [6.45, 7) is 0. The minimum atomic E-state index is -1.52. The van der Waals surface area contributed by atoms with E-state index in [-0.39, 0.29) is 0 Å². The van der Waals surface area contributed by atoms with Crippen molar-refractivity contribution in [1.29, 1.82) is 0 Å². The van der Waals surface area contributed by atoms with Crippen LogP contribution in [0, 0.1) is 0 Å². The highest BCUT2D eigenvalue weighted by Crippen LogP contribution is 2.01. The Hall–Kier alpha value is -3.18. The molecule has 25 heavy (non-hydrogen) atoms. The highest BCUT2D eigenvalue weighted by Gasteiger charge is 2.25. The summed E-state index contributed by atoms with van der Waals surface area (Å²) in [7, 11) is 0. The van der Waals surface area contributed by atoms with Crippen molar-refractivity contribution in [2.45, 2.75) is 44.2 Å². The third kappa shape index (κ3) is 10.3. The summed E-state index contributed by atoms with van der Waals surface area (Å²) in [4.78, 5) is 65.9. The highest BCUT2D eigenvalue weighted by atomic mass is 16.4. The van der Waals surface area contributed by atoms with E-state index in [0.717, 1.165) is 0 Å². The van der Waals surface area contributed by atoms with Crippen LogP contribution < -0.4 is 10.6 Å². The predicted octanol–water partition coefficient (Wildman–Crippen LogP) is -1.76. The number of hydrogen-bond acceptors (Lipinski definition) is 6. The molecule has 0 aromatic rings. The molecule has 12 heteroatoms. The van der Waals surface area contributed by atoms with Crippen LogP contribution in [-0.4, -0.2) is 68.2 Å². The topological polar surface area (TPSA) is 207 Å². The summed E-state index contributed by atoms with van der Waals surface area (Å²) < 4.78 is 0. The number of carbonyl (C=O) groups is 6. The number of carboxylic acids is 4. The van der Waals surface area contributed by atoms with Gasteiger partial charge in [0.15, 0.2) is 0 Å². The van der Waals surface area contributed by atoms with Gasteiger partial charge in [-0.2, -0.15) is 0 Å². The Bertz CT molecular complexity index is 511. The van der Waals surface area contributed by atoms with Crippen molar-refractivity contribution < 1.29 is 49.2 Å². The maximum atomic E-state index is 11.6. The molecule has 12 nitrogen and oxygen atoms in total. The first kappa shape index (κ1) is 21.8. The smallest absolute Gasteiger partial charge is 0.326 e. The molecule has 0 bridgehead atoms. The SMILES string of the molecule is O=C(O)CC[C@H](NC(=O)CC(=O)N[C@@H](CCC(=O)O)C(=O)O)C(=O)O. The fraction of sp³-hybridized carbons (Fsp3) is 0.538.